The molecule has 0 saturated heterocycles. The van der Waals surface area contributed by atoms with E-state index in [4.69, 9.17) is 10.5 Å². The summed E-state index contributed by atoms with van der Waals surface area (Å²) in [4.78, 5) is 10.6. The van der Waals surface area contributed by atoms with Crippen LogP contribution in [-0.2, 0) is 9.53 Å². The van der Waals surface area contributed by atoms with E-state index in [9.17, 15) is 4.79 Å². The largest absolute Gasteiger partial charge is 0.461 e. The van der Waals surface area contributed by atoms with Crippen LogP contribution in [0.3, 0.4) is 0 Å². The van der Waals surface area contributed by atoms with Gasteiger partial charge in [0.05, 0.1) is 6.54 Å². The van der Waals surface area contributed by atoms with Crippen molar-refractivity contribution in [3.05, 3.63) is 36.0 Å². The highest BCUT2D eigenvalue weighted by Gasteiger charge is 2.06. The molecule has 0 spiro atoms. The highest BCUT2D eigenvalue weighted by Crippen LogP contribution is 2.07. The molecule has 1 unspecified atom stereocenters. The van der Waals surface area contributed by atoms with Gasteiger partial charge in [0.15, 0.2) is 0 Å². The van der Waals surface area contributed by atoms with E-state index >= 15 is 0 Å². The first kappa shape index (κ1) is 21.0. The Bertz CT molecular complexity index is 330. The quantitative estimate of drug-likeness (QED) is 0.622. The molecule has 0 radical (unpaired) electrons. The van der Waals surface area contributed by atoms with Gasteiger partial charge >= 0.3 is 5.97 Å². The molecule has 1 aliphatic carbocycles. The molecular weight excluding hydrogens is 250 g/mol. The summed E-state index contributed by atoms with van der Waals surface area (Å²) in [6.07, 6.45) is 9.72. The molecule has 1 rings (SSSR count). The number of nitrogens with two attached hydrogens (primary N) is 1. The fourth-order valence-electron chi connectivity index (χ4n) is 1.55. The van der Waals surface area contributed by atoms with E-state index < -0.39 is 0 Å². The average Bonchev–Trinajstić information content (AvgIpc) is 2.41. The maximum absolute atomic E-state index is 10.6. The standard InChI is InChI=1S/C8H15NO2.C7H10.C2H6/c1-6(2)4-7(3)11-8(10)5-9;1-7-5-3-2-4-6-7;1-2/h7H,1,4-5,9H2,2-3H3;3,5-6H,2,4H2,1H3;1-2H3. The molecule has 116 valence electrons. The molecule has 0 heterocycles. The van der Waals surface area contributed by atoms with Crippen LogP contribution >= 0.6 is 0 Å². The summed E-state index contributed by atoms with van der Waals surface area (Å²) >= 11 is 0. The van der Waals surface area contributed by atoms with Crippen LogP contribution in [0.5, 0.6) is 0 Å². The van der Waals surface area contributed by atoms with Crippen LogP contribution in [0.4, 0.5) is 0 Å². The second kappa shape index (κ2) is 14.1. The Kier molecular flexibility index (Phi) is 14.7. The van der Waals surface area contributed by atoms with Gasteiger partial charge in [0.2, 0.25) is 0 Å². The lowest BCUT2D eigenvalue weighted by Crippen LogP contribution is -2.22. The zero-order valence-electron chi connectivity index (χ0n) is 13.7. The number of rotatable bonds is 4. The minimum absolute atomic E-state index is 0.0550. The number of allylic oxidation sites excluding steroid dienone is 4. The van der Waals surface area contributed by atoms with Crippen LogP contribution in [0.15, 0.2) is 36.0 Å². The number of carbonyl (C=O) groups excluding carboxylic acids is 1. The molecule has 0 aromatic carbocycles. The lowest BCUT2D eigenvalue weighted by atomic mass is 10.1. The van der Waals surface area contributed by atoms with Gasteiger partial charge in [-0.25, -0.2) is 0 Å². The SMILES string of the molecule is C=C(C)CC(C)OC(=O)CN.CC.CC1=CCCC=C1. The van der Waals surface area contributed by atoms with Crippen molar-refractivity contribution >= 4 is 5.97 Å². The molecule has 1 aliphatic rings. The lowest BCUT2D eigenvalue weighted by molar-refractivity contribution is -0.146. The van der Waals surface area contributed by atoms with Crippen LogP contribution < -0.4 is 5.73 Å². The Balaban J connectivity index is 0. The van der Waals surface area contributed by atoms with Crippen LogP contribution in [-0.4, -0.2) is 18.6 Å². The second-order valence-corrected chi connectivity index (χ2v) is 4.59. The molecule has 2 N–H and O–H groups in total. The minimum Gasteiger partial charge on any atom is -0.461 e. The zero-order valence-corrected chi connectivity index (χ0v) is 13.7. The highest BCUT2D eigenvalue weighted by molar-refractivity contribution is 5.71. The highest BCUT2D eigenvalue weighted by atomic mass is 16.5. The number of hydrogen-bond acceptors (Lipinski definition) is 3. The molecular formula is C17H31NO2. The van der Waals surface area contributed by atoms with Gasteiger partial charge in [-0.1, -0.05) is 43.2 Å². The maximum atomic E-state index is 10.6. The first-order chi connectivity index (χ1) is 9.45. The molecule has 0 saturated carbocycles. The summed E-state index contributed by atoms with van der Waals surface area (Å²) < 4.78 is 4.89. The molecule has 20 heavy (non-hydrogen) atoms. The number of carbonyl (C=O) groups is 1. The van der Waals surface area contributed by atoms with Gasteiger partial charge in [0, 0.05) is 6.42 Å². The summed E-state index contributed by atoms with van der Waals surface area (Å²) in [6, 6.07) is 0. The monoisotopic (exact) mass is 281 g/mol. The zero-order chi connectivity index (χ0) is 16.0. The maximum Gasteiger partial charge on any atom is 0.319 e. The molecule has 0 aliphatic heterocycles. The van der Waals surface area contributed by atoms with E-state index in [0.717, 1.165) is 5.57 Å². The molecule has 0 aromatic heterocycles. The van der Waals surface area contributed by atoms with E-state index in [1.165, 1.54) is 18.4 Å². The summed E-state index contributed by atoms with van der Waals surface area (Å²) in [7, 11) is 0. The summed E-state index contributed by atoms with van der Waals surface area (Å²) in [6.45, 7) is 13.5. The fraction of sp³-hybridized carbons (Fsp3) is 0.588. The average molecular weight is 281 g/mol. The normalized spacial score (nSPS) is 13.8. The van der Waals surface area contributed by atoms with E-state index in [1.807, 2.05) is 27.7 Å². The van der Waals surface area contributed by atoms with Gasteiger partial charge in [0.1, 0.15) is 6.10 Å². The summed E-state index contributed by atoms with van der Waals surface area (Å²) in [5.41, 5.74) is 7.46. The Morgan fingerprint density at radius 1 is 1.45 bits per heavy atom. The molecule has 0 aromatic rings. The first-order valence-corrected chi connectivity index (χ1v) is 7.33. The summed E-state index contributed by atoms with van der Waals surface area (Å²) in [5, 5.41) is 0. The third-order valence-electron chi connectivity index (χ3n) is 2.32. The van der Waals surface area contributed by atoms with Crippen LogP contribution in [0.2, 0.25) is 0 Å². The predicted molar refractivity (Wildman–Crippen MR) is 87.5 cm³/mol. The number of hydrogen-bond donors (Lipinski definition) is 1. The van der Waals surface area contributed by atoms with Crippen molar-refractivity contribution in [1.29, 1.82) is 0 Å². The van der Waals surface area contributed by atoms with Crippen molar-refractivity contribution in [2.75, 3.05) is 6.54 Å². The van der Waals surface area contributed by atoms with E-state index in [1.54, 1.807) is 0 Å². The molecule has 0 bridgehead atoms. The Hall–Kier alpha value is -1.35. The molecule has 3 heteroatoms. The van der Waals surface area contributed by atoms with Gasteiger partial charge in [-0.2, -0.15) is 0 Å². The third-order valence-corrected chi connectivity index (χ3v) is 2.32. The van der Waals surface area contributed by atoms with Crippen LogP contribution in [0, 0.1) is 0 Å². The molecule has 0 fully saturated rings. The van der Waals surface area contributed by atoms with Crippen molar-refractivity contribution in [3.63, 3.8) is 0 Å². The third kappa shape index (κ3) is 14.7. The first-order valence-electron chi connectivity index (χ1n) is 7.33. The van der Waals surface area contributed by atoms with E-state index in [-0.39, 0.29) is 18.6 Å². The molecule has 0 amide bonds. The van der Waals surface area contributed by atoms with Crippen molar-refractivity contribution in [1.82, 2.24) is 0 Å². The molecule has 1 atom stereocenters. The van der Waals surface area contributed by atoms with E-state index in [0.29, 0.717) is 6.42 Å². The smallest absolute Gasteiger partial charge is 0.319 e. The molecule has 3 nitrogen and oxygen atoms in total. The van der Waals surface area contributed by atoms with Gasteiger partial charge in [-0.3, -0.25) is 4.79 Å². The van der Waals surface area contributed by atoms with Gasteiger partial charge in [0.25, 0.3) is 0 Å². The van der Waals surface area contributed by atoms with Gasteiger partial charge in [-0.15, -0.1) is 6.58 Å². The van der Waals surface area contributed by atoms with Crippen molar-refractivity contribution in [2.24, 2.45) is 5.73 Å². The van der Waals surface area contributed by atoms with Crippen LogP contribution in [0.1, 0.15) is 53.9 Å². The fourth-order valence-corrected chi connectivity index (χ4v) is 1.55. The predicted octanol–water partition coefficient (Wildman–Crippen LogP) is 4.15. The number of ether oxygens (including phenoxy) is 1. The van der Waals surface area contributed by atoms with Gasteiger partial charge in [-0.05, 0) is 33.6 Å². The summed E-state index contributed by atoms with van der Waals surface area (Å²) in [5.74, 6) is -0.362. The lowest BCUT2D eigenvalue weighted by Gasteiger charge is -2.11. The Morgan fingerprint density at radius 3 is 2.35 bits per heavy atom. The van der Waals surface area contributed by atoms with Crippen molar-refractivity contribution < 1.29 is 9.53 Å². The van der Waals surface area contributed by atoms with Gasteiger partial charge < -0.3 is 10.5 Å². The number of esters is 1. The van der Waals surface area contributed by atoms with Crippen molar-refractivity contribution in [2.45, 2.75) is 60.0 Å². The second-order valence-electron chi connectivity index (χ2n) is 4.59. The van der Waals surface area contributed by atoms with E-state index in [2.05, 4.69) is 31.7 Å². The topological polar surface area (TPSA) is 52.3 Å². The Morgan fingerprint density at radius 2 is 2.05 bits per heavy atom. The van der Waals surface area contributed by atoms with Crippen LogP contribution in [0.25, 0.3) is 0 Å². The van der Waals surface area contributed by atoms with Crippen molar-refractivity contribution in [3.8, 4) is 0 Å². The minimum atomic E-state index is -0.362. The Labute approximate surface area is 124 Å².